The number of carboxylic acid groups (broad SMARTS) is 1. The maximum atomic E-state index is 12.1. The molecule has 0 radical (unpaired) electrons. The summed E-state index contributed by atoms with van der Waals surface area (Å²) in [6.45, 7) is 4.57. The number of aliphatic hydroxyl groups excluding tert-OH is 1. The highest BCUT2D eigenvalue weighted by molar-refractivity contribution is 5.75. The lowest BCUT2D eigenvalue weighted by atomic mass is 9.40. The molecule has 0 aromatic heterocycles. The molecule has 2 bridgehead atoms. The van der Waals surface area contributed by atoms with E-state index in [0.717, 1.165) is 38.5 Å². The predicted octanol–water partition coefficient (Wildman–Crippen LogP) is 3.22. The Morgan fingerprint density at radius 1 is 1.12 bits per heavy atom. The van der Waals surface area contributed by atoms with Gasteiger partial charge in [0.2, 0.25) is 0 Å². The van der Waals surface area contributed by atoms with Crippen LogP contribution in [-0.2, 0) is 9.53 Å². The van der Waals surface area contributed by atoms with Crippen LogP contribution in [0.15, 0.2) is 0 Å². The van der Waals surface area contributed by atoms with Gasteiger partial charge in [0.1, 0.15) is 5.60 Å². The molecule has 0 aromatic rings. The first-order valence-corrected chi connectivity index (χ1v) is 9.86. The van der Waals surface area contributed by atoms with Gasteiger partial charge in [-0.05, 0) is 75.0 Å². The van der Waals surface area contributed by atoms with Crippen LogP contribution in [0.4, 0.5) is 0 Å². The molecule has 1 unspecified atom stereocenters. The standard InChI is InChI=1S/C20H30O4/c1-17-7-3-8-18(2,16(22)23)13(17)6-9-19-10-12(4-5-14(17)19)20(11-21)15(19)24-20/h12-15,21H,3-11H2,1-2H3,(H,22,23)/t12-,13+,14+,15?,17-,18-,19-,20+/m1/s1. The van der Waals surface area contributed by atoms with Gasteiger partial charge in [-0.2, -0.15) is 0 Å². The van der Waals surface area contributed by atoms with Crippen molar-refractivity contribution < 1.29 is 19.7 Å². The molecule has 2 N–H and O–H groups in total. The zero-order chi connectivity index (χ0) is 17.0. The normalized spacial score (nSPS) is 60.8. The minimum Gasteiger partial charge on any atom is -0.481 e. The highest BCUT2D eigenvalue weighted by atomic mass is 16.6. The van der Waals surface area contributed by atoms with Crippen molar-refractivity contribution in [2.24, 2.45) is 34.0 Å². The van der Waals surface area contributed by atoms with Gasteiger partial charge in [-0.3, -0.25) is 4.79 Å². The fourth-order valence-corrected chi connectivity index (χ4v) is 8.46. The minimum absolute atomic E-state index is 0.117. The molecule has 24 heavy (non-hydrogen) atoms. The second-order valence-corrected chi connectivity index (χ2v) is 10.0. The monoisotopic (exact) mass is 334 g/mol. The molecule has 5 fully saturated rings. The van der Waals surface area contributed by atoms with Crippen molar-refractivity contribution in [3.8, 4) is 0 Å². The Kier molecular flexibility index (Phi) is 2.85. The summed E-state index contributed by atoms with van der Waals surface area (Å²) >= 11 is 0. The average molecular weight is 334 g/mol. The van der Waals surface area contributed by atoms with E-state index in [-0.39, 0.29) is 35.1 Å². The third-order valence-corrected chi connectivity index (χ3v) is 9.47. The number of ether oxygens (including phenoxy) is 1. The molecule has 0 aromatic carbocycles. The Bertz CT molecular complexity index is 604. The van der Waals surface area contributed by atoms with Crippen LogP contribution in [0.2, 0.25) is 0 Å². The lowest BCUT2D eigenvalue weighted by molar-refractivity contribution is -0.187. The second kappa shape index (κ2) is 4.37. The Morgan fingerprint density at radius 3 is 2.62 bits per heavy atom. The Labute approximate surface area is 144 Å². The number of carboxylic acids is 1. The summed E-state index contributed by atoms with van der Waals surface area (Å²) in [6.07, 6.45) is 8.93. The van der Waals surface area contributed by atoms with Crippen molar-refractivity contribution >= 4 is 5.97 Å². The zero-order valence-electron chi connectivity index (χ0n) is 14.9. The molecule has 1 heterocycles. The number of rotatable bonds is 2. The fourth-order valence-electron chi connectivity index (χ4n) is 8.46. The maximum absolute atomic E-state index is 12.1. The summed E-state index contributed by atoms with van der Waals surface area (Å²) in [4.78, 5) is 12.1. The fraction of sp³-hybridized carbons (Fsp3) is 0.950. The molecule has 4 heteroatoms. The first-order chi connectivity index (χ1) is 11.3. The number of hydrogen-bond acceptors (Lipinski definition) is 3. The van der Waals surface area contributed by atoms with Gasteiger partial charge in [-0.15, -0.1) is 0 Å². The van der Waals surface area contributed by atoms with E-state index in [1.807, 2.05) is 6.92 Å². The van der Waals surface area contributed by atoms with Crippen LogP contribution in [0.5, 0.6) is 0 Å². The predicted molar refractivity (Wildman–Crippen MR) is 88.4 cm³/mol. The third-order valence-electron chi connectivity index (χ3n) is 9.47. The maximum Gasteiger partial charge on any atom is 0.309 e. The van der Waals surface area contributed by atoms with E-state index < -0.39 is 11.4 Å². The minimum atomic E-state index is -0.596. The highest BCUT2D eigenvalue weighted by Gasteiger charge is 2.80. The van der Waals surface area contributed by atoms with Crippen molar-refractivity contribution in [2.45, 2.75) is 76.9 Å². The van der Waals surface area contributed by atoms with Gasteiger partial charge in [-0.25, -0.2) is 0 Å². The lowest BCUT2D eigenvalue weighted by Crippen LogP contribution is -2.59. The number of aliphatic hydroxyl groups is 1. The molecule has 5 aliphatic rings. The molecule has 4 aliphatic carbocycles. The zero-order valence-corrected chi connectivity index (χ0v) is 14.9. The molecule has 0 amide bonds. The summed E-state index contributed by atoms with van der Waals surface area (Å²) in [6, 6.07) is 0. The van der Waals surface area contributed by atoms with E-state index in [9.17, 15) is 15.0 Å². The van der Waals surface area contributed by atoms with Gasteiger partial charge >= 0.3 is 5.97 Å². The first-order valence-electron chi connectivity index (χ1n) is 9.86. The van der Waals surface area contributed by atoms with Crippen LogP contribution < -0.4 is 0 Å². The van der Waals surface area contributed by atoms with Crippen molar-refractivity contribution in [1.29, 1.82) is 0 Å². The van der Waals surface area contributed by atoms with Crippen LogP contribution >= 0.6 is 0 Å². The van der Waals surface area contributed by atoms with Crippen LogP contribution in [0.3, 0.4) is 0 Å². The van der Waals surface area contributed by atoms with Crippen molar-refractivity contribution in [3.63, 3.8) is 0 Å². The molecule has 8 atom stereocenters. The van der Waals surface area contributed by atoms with E-state index in [2.05, 4.69) is 6.92 Å². The molecule has 134 valence electrons. The molecular formula is C20H30O4. The molecular weight excluding hydrogens is 304 g/mol. The van der Waals surface area contributed by atoms with E-state index in [1.54, 1.807) is 0 Å². The van der Waals surface area contributed by atoms with Gasteiger partial charge in [-0.1, -0.05) is 13.3 Å². The van der Waals surface area contributed by atoms with Crippen molar-refractivity contribution in [3.05, 3.63) is 0 Å². The summed E-state index contributed by atoms with van der Waals surface area (Å²) in [7, 11) is 0. The Morgan fingerprint density at radius 2 is 1.92 bits per heavy atom. The number of epoxide rings is 1. The van der Waals surface area contributed by atoms with Gasteiger partial charge in [0.05, 0.1) is 18.1 Å². The van der Waals surface area contributed by atoms with Crippen molar-refractivity contribution in [2.75, 3.05) is 6.61 Å². The largest absolute Gasteiger partial charge is 0.481 e. The SMILES string of the molecule is C[C@@]12CCC[C@@](C)(C(=O)O)[C@H]1CC[C@@]13C[C@@H](CC[C@H]12)[C@]1(CO)OC31. The van der Waals surface area contributed by atoms with Gasteiger partial charge in [0, 0.05) is 5.41 Å². The Hall–Kier alpha value is -0.610. The first kappa shape index (κ1) is 15.6. The summed E-state index contributed by atoms with van der Waals surface area (Å²) < 4.78 is 6.17. The van der Waals surface area contributed by atoms with Gasteiger partial charge in [0.15, 0.2) is 0 Å². The van der Waals surface area contributed by atoms with Crippen molar-refractivity contribution in [1.82, 2.24) is 0 Å². The van der Waals surface area contributed by atoms with E-state index in [1.165, 1.54) is 12.8 Å². The van der Waals surface area contributed by atoms with E-state index >= 15 is 0 Å². The van der Waals surface area contributed by atoms with Gasteiger partial charge < -0.3 is 14.9 Å². The summed E-state index contributed by atoms with van der Waals surface area (Å²) in [5.74, 6) is 0.784. The molecule has 1 spiro atoms. The van der Waals surface area contributed by atoms with E-state index in [0.29, 0.717) is 11.8 Å². The number of aliphatic carboxylic acids is 1. The number of fused-ring (bicyclic) bond motifs is 5. The topological polar surface area (TPSA) is 70.1 Å². The molecule has 1 saturated heterocycles. The van der Waals surface area contributed by atoms with Crippen LogP contribution in [0.1, 0.15) is 65.2 Å². The smallest absolute Gasteiger partial charge is 0.309 e. The quantitative estimate of drug-likeness (QED) is 0.761. The molecule has 1 aliphatic heterocycles. The molecule has 4 saturated carbocycles. The average Bonchev–Trinajstić information content (AvgIpc) is 3.27. The number of hydrogen-bond donors (Lipinski definition) is 2. The van der Waals surface area contributed by atoms with Gasteiger partial charge in [0.25, 0.3) is 0 Å². The number of carbonyl (C=O) groups is 1. The lowest BCUT2D eigenvalue weighted by Gasteiger charge is -2.63. The third kappa shape index (κ3) is 1.48. The second-order valence-electron chi connectivity index (χ2n) is 10.0. The molecule has 5 rings (SSSR count). The van der Waals surface area contributed by atoms with E-state index in [4.69, 9.17) is 4.74 Å². The highest BCUT2D eigenvalue weighted by Crippen LogP contribution is 2.78. The van der Waals surface area contributed by atoms with Crippen LogP contribution in [-0.4, -0.2) is 34.5 Å². The Balaban J connectivity index is 1.56. The van der Waals surface area contributed by atoms with Crippen LogP contribution in [0.25, 0.3) is 0 Å². The van der Waals surface area contributed by atoms with Crippen LogP contribution in [0, 0.1) is 34.0 Å². The summed E-state index contributed by atoms with van der Waals surface area (Å²) in [5, 5.41) is 19.9. The summed E-state index contributed by atoms with van der Waals surface area (Å²) in [5.41, 5.74) is -0.467. The molecule has 4 nitrogen and oxygen atoms in total.